The van der Waals surface area contributed by atoms with Crippen molar-refractivity contribution in [3.05, 3.63) is 27.3 Å². The highest BCUT2D eigenvalue weighted by Gasteiger charge is 2.19. The van der Waals surface area contributed by atoms with E-state index in [0.29, 0.717) is 18.7 Å². The zero-order valence-electron chi connectivity index (χ0n) is 10.2. The molecule has 1 atom stereocenters. The van der Waals surface area contributed by atoms with E-state index >= 15 is 0 Å². The zero-order valence-corrected chi connectivity index (χ0v) is 12.3. The SMILES string of the molecule is O=C(CC1CCCO1)Nc1cc(I)cc(C(=O)O)c1. The van der Waals surface area contributed by atoms with Gasteiger partial charge in [0.15, 0.2) is 0 Å². The van der Waals surface area contributed by atoms with Gasteiger partial charge in [0.1, 0.15) is 0 Å². The van der Waals surface area contributed by atoms with Crippen LogP contribution in [0.3, 0.4) is 0 Å². The van der Waals surface area contributed by atoms with Crippen LogP contribution in [0.4, 0.5) is 5.69 Å². The fourth-order valence-corrected chi connectivity index (χ4v) is 2.68. The van der Waals surface area contributed by atoms with E-state index in [4.69, 9.17) is 9.84 Å². The summed E-state index contributed by atoms with van der Waals surface area (Å²) in [5.74, 6) is -1.15. The highest BCUT2D eigenvalue weighted by atomic mass is 127. The van der Waals surface area contributed by atoms with Gasteiger partial charge in [0.2, 0.25) is 5.91 Å². The Kier molecular flexibility index (Phi) is 4.76. The van der Waals surface area contributed by atoms with Gasteiger partial charge in [-0.2, -0.15) is 0 Å². The molecule has 2 N–H and O–H groups in total. The largest absolute Gasteiger partial charge is 0.478 e. The van der Waals surface area contributed by atoms with Crippen molar-refractivity contribution < 1.29 is 19.4 Å². The Balaban J connectivity index is 2.01. The smallest absolute Gasteiger partial charge is 0.335 e. The molecule has 1 aliphatic heterocycles. The number of carboxylic acid groups (broad SMARTS) is 1. The van der Waals surface area contributed by atoms with Crippen LogP contribution in [0.25, 0.3) is 0 Å². The van der Waals surface area contributed by atoms with Gasteiger partial charge >= 0.3 is 5.97 Å². The van der Waals surface area contributed by atoms with E-state index in [-0.39, 0.29) is 17.6 Å². The van der Waals surface area contributed by atoms with Gasteiger partial charge in [-0.1, -0.05) is 0 Å². The van der Waals surface area contributed by atoms with Crippen molar-refractivity contribution in [3.63, 3.8) is 0 Å². The number of hydrogen-bond donors (Lipinski definition) is 2. The lowest BCUT2D eigenvalue weighted by atomic mass is 10.1. The normalized spacial score (nSPS) is 18.3. The molecule has 1 amide bonds. The molecular weight excluding hydrogens is 361 g/mol. The van der Waals surface area contributed by atoms with E-state index in [1.165, 1.54) is 6.07 Å². The molecule has 0 bridgehead atoms. The summed E-state index contributed by atoms with van der Waals surface area (Å²) in [4.78, 5) is 22.8. The van der Waals surface area contributed by atoms with Gasteiger partial charge in [-0.3, -0.25) is 4.79 Å². The summed E-state index contributed by atoms with van der Waals surface area (Å²) >= 11 is 2.02. The van der Waals surface area contributed by atoms with E-state index < -0.39 is 5.97 Å². The predicted octanol–water partition coefficient (Wildman–Crippen LogP) is 2.50. The molecule has 5 nitrogen and oxygen atoms in total. The summed E-state index contributed by atoms with van der Waals surface area (Å²) < 4.78 is 6.16. The fourth-order valence-electron chi connectivity index (χ4n) is 2.01. The molecule has 0 radical (unpaired) electrons. The van der Waals surface area contributed by atoms with Gasteiger partial charge in [-0.05, 0) is 53.6 Å². The number of hydrogen-bond acceptors (Lipinski definition) is 3. The van der Waals surface area contributed by atoms with Crippen LogP contribution >= 0.6 is 22.6 Å². The lowest BCUT2D eigenvalue weighted by Crippen LogP contribution is -2.19. The number of benzene rings is 1. The van der Waals surface area contributed by atoms with Gasteiger partial charge in [-0.25, -0.2) is 4.79 Å². The maximum absolute atomic E-state index is 11.8. The number of carbonyl (C=O) groups is 2. The highest BCUT2D eigenvalue weighted by Crippen LogP contribution is 2.19. The monoisotopic (exact) mass is 375 g/mol. The lowest BCUT2D eigenvalue weighted by molar-refractivity contribution is -0.118. The highest BCUT2D eigenvalue weighted by molar-refractivity contribution is 14.1. The van der Waals surface area contributed by atoms with Crippen LogP contribution in [0.1, 0.15) is 29.6 Å². The topological polar surface area (TPSA) is 75.6 Å². The molecule has 1 aliphatic rings. The Morgan fingerprint density at radius 2 is 2.21 bits per heavy atom. The van der Waals surface area contributed by atoms with Crippen LogP contribution < -0.4 is 5.32 Å². The van der Waals surface area contributed by atoms with E-state index in [0.717, 1.165) is 16.4 Å². The van der Waals surface area contributed by atoms with Crippen molar-refractivity contribution in [1.29, 1.82) is 0 Å². The standard InChI is InChI=1S/C13H14INO4/c14-9-4-8(13(17)18)5-10(6-9)15-12(16)7-11-2-1-3-19-11/h4-6,11H,1-3,7H2,(H,15,16)(H,17,18). The Bertz CT molecular complexity index is 497. The maximum Gasteiger partial charge on any atom is 0.335 e. The predicted molar refractivity (Wildman–Crippen MR) is 78.3 cm³/mol. The van der Waals surface area contributed by atoms with Gasteiger partial charge < -0.3 is 15.2 Å². The molecule has 0 saturated carbocycles. The second-order valence-corrected chi connectivity index (χ2v) is 5.67. The molecule has 0 spiro atoms. The van der Waals surface area contributed by atoms with E-state index in [1.54, 1.807) is 12.1 Å². The van der Waals surface area contributed by atoms with Crippen LogP contribution in [0.5, 0.6) is 0 Å². The van der Waals surface area contributed by atoms with E-state index in [9.17, 15) is 9.59 Å². The van der Waals surface area contributed by atoms with Crippen molar-refractivity contribution in [2.24, 2.45) is 0 Å². The Morgan fingerprint density at radius 1 is 1.42 bits per heavy atom. The zero-order chi connectivity index (χ0) is 13.8. The summed E-state index contributed by atoms with van der Waals surface area (Å²) in [5.41, 5.74) is 0.673. The molecule has 1 aromatic rings. The lowest BCUT2D eigenvalue weighted by Gasteiger charge is -2.10. The molecule has 19 heavy (non-hydrogen) atoms. The third-order valence-electron chi connectivity index (χ3n) is 2.87. The number of rotatable bonds is 4. The van der Waals surface area contributed by atoms with Crippen molar-refractivity contribution in [1.82, 2.24) is 0 Å². The summed E-state index contributed by atoms with van der Waals surface area (Å²) in [6.07, 6.45) is 2.19. The third kappa shape index (κ3) is 4.17. The summed E-state index contributed by atoms with van der Waals surface area (Å²) in [5, 5.41) is 11.7. The van der Waals surface area contributed by atoms with Gasteiger partial charge in [0, 0.05) is 15.9 Å². The molecule has 1 unspecified atom stereocenters. The Hall–Kier alpha value is -1.15. The average molecular weight is 375 g/mol. The average Bonchev–Trinajstić information content (AvgIpc) is 2.80. The molecule has 2 rings (SSSR count). The number of nitrogens with one attached hydrogen (secondary N) is 1. The Morgan fingerprint density at radius 3 is 2.84 bits per heavy atom. The fraction of sp³-hybridized carbons (Fsp3) is 0.385. The van der Waals surface area contributed by atoms with Crippen molar-refractivity contribution in [3.8, 4) is 0 Å². The Labute approximate surface area is 124 Å². The van der Waals surface area contributed by atoms with Crippen LogP contribution in [0.2, 0.25) is 0 Å². The minimum absolute atomic E-state index is 0.0123. The van der Waals surface area contributed by atoms with Crippen molar-refractivity contribution in [2.45, 2.75) is 25.4 Å². The third-order valence-corrected chi connectivity index (χ3v) is 3.49. The molecule has 1 saturated heterocycles. The van der Waals surface area contributed by atoms with E-state index in [2.05, 4.69) is 5.32 Å². The quantitative estimate of drug-likeness (QED) is 0.793. The summed E-state index contributed by atoms with van der Waals surface area (Å²) in [6.45, 7) is 0.713. The number of anilines is 1. The minimum Gasteiger partial charge on any atom is -0.478 e. The van der Waals surface area contributed by atoms with Gasteiger partial charge in [-0.15, -0.1) is 0 Å². The van der Waals surface area contributed by atoms with Crippen molar-refractivity contribution in [2.75, 3.05) is 11.9 Å². The molecule has 0 aromatic heterocycles. The molecule has 102 valence electrons. The first-order chi connectivity index (χ1) is 9.04. The van der Waals surface area contributed by atoms with Gasteiger partial charge in [0.05, 0.1) is 18.1 Å². The minimum atomic E-state index is -1.01. The summed E-state index contributed by atoms with van der Waals surface area (Å²) in [6, 6.07) is 4.75. The molecular formula is C13H14INO4. The molecule has 0 aliphatic carbocycles. The van der Waals surface area contributed by atoms with Crippen molar-refractivity contribution >= 4 is 40.2 Å². The first-order valence-corrected chi connectivity index (χ1v) is 7.08. The number of carboxylic acids is 1. The first-order valence-electron chi connectivity index (χ1n) is 6.00. The number of halogens is 1. The van der Waals surface area contributed by atoms with E-state index in [1.807, 2.05) is 22.6 Å². The van der Waals surface area contributed by atoms with Crippen LogP contribution in [-0.4, -0.2) is 29.7 Å². The number of ether oxygens (including phenoxy) is 1. The summed E-state index contributed by atoms with van der Waals surface area (Å²) in [7, 11) is 0. The second kappa shape index (κ2) is 6.33. The number of carbonyl (C=O) groups excluding carboxylic acids is 1. The number of amides is 1. The molecule has 1 aromatic carbocycles. The maximum atomic E-state index is 11.8. The second-order valence-electron chi connectivity index (χ2n) is 4.42. The molecule has 1 heterocycles. The molecule has 6 heteroatoms. The first kappa shape index (κ1) is 14.3. The van der Waals surface area contributed by atoms with Gasteiger partial charge in [0.25, 0.3) is 0 Å². The van der Waals surface area contributed by atoms with Crippen LogP contribution in [-0.2, 0) is 9.53 Å². The number of aromatic carboxylic acids is 1. The van der Waals surface area contributed by atoms with Crippen LogP contribution in [0, 0.1) is 3.57 Å². The van der Waals surface area contributed by atoms with Crippen LogP contribution in [0.15, 0.2) is 18.2 Å². The molecule has 1 fully saturated rings.